The largest absolute Gasteiger partial charge is 0 e. The molecule has 0 aliphatic carbocycles. The molecule has 0 fully saturated rings. The summed E-state index contributed by atoms with van der Waals surface area (Å²) >= 11 is 0. The van der Waals surface area contributed by atoms with Crippen LogP contribution in [-0.2, 0) is 50.3 Å². The summed E-state index contributed by atoms with van der Waals surface area (Å²) in [6.45, 7) is 0. The van der Waals surface area contributed by atoms with Gasteiger partial charge in [-0.25, -0.2) is 0 Å². The summed E-state index contributed by atoms with van der Waals surface area (Å²) in [6, 6.07) is 0. The minimum absolute atomic E-state index is 0. The van der Waals surface area contributed by atoms with E-state index in [4.69, 9.17) is 0 Å². The first-order valence-corrected chi connectivity index (χ1v) is 0. The molecule has 0 amide bonds. The minimum Gasteiger partial charge on any atom is 0 e. The van der Waals surface area contributed by atoms with Gasteiger partial charge in [0.1, 0.15) is 0 Å². The Hall–Kier alpha value is 1.80. The molecule has 5 heavy (non-hydrogen) atoms. The van der Waals surface area contributed by atoms with E-state index >= 15 is 0 Å². The second-order valence-corrected chi connectivity index (χ2v) is 0. The van der Waals surface area contributed by atoms with Crippen molar-refractivity contribution >= 4 is 19.4 Å². The van der Waals surface area contributed by atoms with Crippen LogP contribution in [0.15, 0.2) is 0 Å². The molecule has 0 saturated heterocycles. The molecule has 0 unspecified atom stereocenters. The van der Waals surface area contributed by atoms with Crippen LogP contribution in [0.1, 0.15) is 0 Å². The maximum absolute atomic E-state index is 0. The third kappa shape index (κ3) is 25.8. The molecule has 0 aromatic carbocycles. The van der Waals surface area contributed by atoms with Crippen LogP contribution in [0, 0.1) is 0 Å². The van der Waals surface area contributed by atoms with Crippen LogP contribution in [0.5, 0.6) is 0 Å². The van der Waals surface area contributed by atoms with Gasteiger partial charge >= 0.3 is 0 Å². The van der Waals surface area contributed by atoms with Crippen LogP contribution in [0.4, 0.5) is 0 Å². The van der Waals surface area contributed by atoms with E-state index in [9.17, 15) is 0 Å². The van der Waals surface area contributed by atoms with Gasteiger partial charge in [-0.15, -0.1) is 0 Å². The van der Waals surface area contributed by atoms with Crippen molar-refractivity contribution in [2.24, 2.45) is 0 Å². The van der Waals surface area contributed by atoms with Crippen molar-refractivity contribution in [2.45, 2.75) is 0 Å². The molecule has 8 radical (unpaired) electrons. The van der Waals surface area contributed by atoms with Crippen LogP contribution in [0.3, 0.4) is 0 Å². The van der Waals surface area contributed by atoms with Crippen molar-refractivity contribution < 1.29 is 50.3 Å². The normalized spacial score (nSPS) is 0. The number of hydrogen-bond donors (Lipinski definition) is 0. The van der Waals surface area contributed by atoms with Gasteiger partial charge in [0.25, 0.3) is 0 Å². The SMILES string of the molecule is [B].[Co].[Fe].[Ni].[Si]. The predicted octanol–water partition coefficient (Wildman–Crippen LogP) is -0.769. The molecule has 0 aromatic heterocycles. The standard InChI is InChI=1S/B.Co.Fe.Ni.Si. The Morgan fingerprint density at radius 2 is 1.00 bits per heavy atom. The summed E-state index contributed by atoms with van der Waals surface area (Å²) in [6.07, 6.45) is 0. The van der Waals surface area contributed by atoms with E-state index in [1.54, 1.807) is 0 Å². The third-order valence-corrected chi connectivity index (χ3v) is 0. The van der Waals surface area contributed by atoms with Crippen LogP contribution in [-0.4, -0.2) is 19.4 Å². The van der Waals surface area contributed by atoms with Gasteiger partial charge in [-0.3, -0.25) is 0 Å². The molecule has 0 nitrogen and oxygen atoms in total. The molecule has 0 aliphatic heterocycles. The molecule has 34 valence electrons. The monoisotopic (exact) mass is 212 g/mol. The van der Waals surface area contributed by atoms with Crippen molar-refractivity contribution in [3.8, 4) is 0 Å². The summed E-state index contributed by atoms with van der Waals surface area (Å²) in [5.41, 5.74) is 0. The van der Waals surface area contributed by atoms with E-state index in [-0.39, 0.29) is 69.7 Å². The number of hydrogen-bond acceptors (Lipinski definition) is 0. The Kier molecular flexibility index (Phi) is 582. The van der Waals surface area contributed by atoms with E-state index in [1.165, 1.54) is 0 Å². The van der Waals surface area contributed by atoms with Crippen LogP contribution in [0.2, 0.25) is 0 Å². The zero-order valence-corrected chi connectivity index (χ0v) is 6.21. The second kappa shape index (κ2) is 41.2. The van der Waals surface area contributed by atoms with E-state index in [1.807, 2.05) is 0 Å². The van der Waals surface area contributed by atoms with Crippen LogP contribution in [0.25, 0.3) is 0 Å². The Morgan fingerprint density at radius 3 is 1.00 bits per heavy atom. The Morgan fingerprint density at radius 1 is 1.00 bits per heavy atom. The van der Waals surface area contributed by atoms with E-state index in [2.05, 4.69) is 0 Å². The van der Waals surface area contributed by atoms with E-state index in [0.29, 0.717) is 0 Å². The molecule has 0 aliphatic rings. The predicted molar refractivity (Wildman–Crippen MR) is 11.5 cm³/mol. The van der Waals surface area contributed by atoms with Crippen molar-refractivity contribution in [3.05, 3.63) is 0 Å². The molecule has 0 spiro atoms. The van der Waals surface area contributed by atoms with Gasteiger partial charge in [0, 0.05) is 69.7 Å². The molecular weight excluding hydrogens is 212 g/mol. The molecular formula is BCoFeNiSi. The van der Waals surface area contributed by atoms with E-state index < -0.39 is 0 Å². The summed E-state index contributed by atoms with van der Waals surface area (Å²) < 4.78 is 0. The summed E-state index contributed by atoms with van der Waals surface area (Å²) in [5, 5.41) is 0. The first kappa shape index (κ1) is 70.5. The summed E-state index contributed by atoms with van der Waals surface area (Å²) in [4.78, 5) is 0. The maximum Gasteiger partial charge on any atom is 0 e. The molecule has 5 heteroatoms. The fourth-order valence-electron chi connectivity index (χ4n) is 0. The van der Waals surface area contributed by atoms with E-state index in [0.717, 1.165) is 0 Å². The molecule has 0 saturated carbocycles. The minimum atomic E-state index is 0. The van der Waals surface area contributed by atoms with Crippen molar-refractivity contribution in [1.82, 2.24) is 0 Å². The average Bonchev–Trinajstić information content (AvgIpc) is 0. The van der Waals surface area contributed by atoms with Crippen molar-refractivity contribution in [2.75, 3.05) is 0 Å². The molecule has 0 heterocycles. The first-order chi connectivity index (χ1) is 0. The molecule has 0 atom stereocenters. The Labute approximate surface area is 69.4 Å². The molecule has 0 aromatic rings. The zero-order valence-electron chi connectivity index (χ0n) is 2.08. The maximum atomic E-state index is 0. The smallest absolute Gasteiger partial charge is 0 e. The number of rotatable bonds is 0. The van der Waals surface area contributed by atoms with Gasteiger partial charge in [-0.2, -0.15) is 0 Å². The average molecular weight is 212 g/mol. The van der Waals surface area contributed by atoms with Gasteiger partial charge in [0.2, 0.25) is 0 Å². The van der Waals surface area contributed by atoms with Crippen molar-refractivity contribution in [1.29, 1.82) is 0 Å². The fourth-order valence-corrected chi connectivity index (χ4v) is 0. The molecule has 0 rings (SSSR count). The molecule has 0 bridgehead atoms. The van der Waals surface area contributed by atoms with Gasteiger partial charge < -0.3 is 0 Å². The zero-order chi connectivity index (χ0) is 0. The topological polar surface area (TPSA) is 0 Å². The summed E-state index contributed by atoms with van der Waals surface area (Å²) in [7, 11) is 0. The Bertz CT molecular complexity index is 11.6. The van der Waals surface area contributed by atoms with Gasteiger partial charge in [-0.1, -0.05) is 0 Å². The second-order valence-electron chi connectivity index (χ2n) is 0. The summed E-state index contributed by atoms with van der Waals surface area (Å²) in [5.74, 6) is 0. The Balaban J connectivity index is 0. The quantitative estimate of drug-likeness (QED) is 0.463. The van der Waals surface area contributed by atoms with Gasteiger partial charge in [0.05, 0.1) is 0 Å². The first-order valence-electron chi connectivity index (χ1n) is 0. The van der Waals surface area contributed by atoms with Crippen LogP contribution >= 0.6 is 0 Å². The van der Waals surface area contributed by atoms with Gasteiger partial charge in [0.15, 0.2) is 0 Å². The fraction of sp³-hybridized carbons (Fsp3) is 0. The van der Waals surface area contributed by atoms with Crippen molar-refractivity contribution in [3.63, 3.8) is 0 Å². The third-order valence-electron chi connectivity index (χ3n) is 0. The van der Waals surface area contributed by atoms with Gasteiger partial charge in [-0.05, 0) is 0 Å². The van der Waals surface area contributed by atoms with Crippen LogP contribution < -0.4 is 0 Å². The molecule has 0 N–H and O–H groups in total.